The van der Waals surface area contributed by atoms with Crippen LogP contribution in [0, 0.1) is 0 Å². The monoisotopic (exact) mass is 311 g/mol. The highest BCUT2D eigenvalue weighted by Gasteiger charge is 2.28. The molecule has 1 aromatic carbocycles. The van der Waals surface area contributed by atoms with Gasteiger partial charge in [-0.3, -0.25) is 9.69 Å². The average Bonchev–Trinajstić information content (AvgIpc) is 2.94. The van der Waals surface area contributed by atoms with Crippen molar-refractivity contribution in [1.82, 2.24) is 4.90 Å². The third kappa shape index (κ3) is 3.03. The lowest BCUT2D eigenvalue weighted by molar-refractivity contribution is -0.140. The zero-order chi connectivity index (χ0) is 14.8. The standard InChI is InChI=1S/C14H17NO5S/c1-18-14(17)13-7-15(2-3-21-13)6-9-4-11-12(5-10(9)16)20-8-19-11/h4-5,13,16H,2-3,6-8H2,1H3/t13-/m1/s1. The molecule has 7 heteroatoms. The number of aromatic hydroxyl groups is 1. The minimum atomic E-state index is -0.195. The first-order chi connectivity index (χ1) is 10.2. The summed E-state index contributed by atoms with van der Waals surface area (Å²) in [6.45, 7) is 2.23. The Morgan fingerprint density at radius 3 is 3.00 bits per heavy atom. The van der Waals surface area contributed by atoms with Gasteiger partial charge in [0.2, 0.25) is 6.79 Å². The van der Waals surface area contributed by atoms with E-state index in [-0.39, 0.29) is 23.8 Å². The molecule has 1 aromatic rings. The Labute approximate surface area is 127 Å². The Morgan fingerprint density at radius 1 is 1.48 bits per heavy atom. The molecule has 2 heterocycles. The van der Waals surface area contributed by atoms with Gasteiger partial charge >= 0.3 is 5.97 Å². The highest BCUT2D eigenvalue weighted by molar-refractivity contribution is 8.00. The van der Waals surface area contributed by atoms with Crippen LogP contribution in [0.15, 0.2) is 12.1 Å². The number of phenolic OH excluding ortho intramolecular Hbond substituents is 1. The van der Waals surface area contributed by atoms with Gasteiger partial charge in [0, 0.05) is 37.0 Å². The van der Waals surface area contributed by atoms with Gasteiger partial charge in [-0.25, -0.2) is 0 Å². The molecule has 21 heavy (non-hydrogen) atoms. The third-order valence-electron chi connectivity index (χ3n) is 3.58. The van der Waals surface area contributed by atoms with E-state index in [1.165, 1.54) is 7.11 Å². The summed E-state index contributed by atoms with van der Waals surface area (Å²) in [6.07, 6.45) is 0. The molecule has 114 valence electrons. The molecule has 0 amide bonds. The second kappa shape index (κ2) is 6.03. The maximum absolute atomic E-state index is 11.6. The largest absolute Gasteiger partial charge is 0.507 e. The number of hydrogen-bond acceptors (Lipinski definition) is 7. The van der Waals surface area contributed by atoms with Crippen LogP contribution < -0.4 is 9.47 Å². The van der Waals surface area contributed by atoms with Gasteiger partial charge in [-0.15, -0.1) is 11.8 Å². The molecule has 0 aliphatic carbocycles. The maximum atomic E-state index is 11.6. The number of carbonyl (C=O) groups excluding carboxylic acids is 1. The molecule has 0 saturated carbocycles. The van der Waals surface area contributed by atoms with Crippen molar-refractivity contribution in [3.05, 3.63) is 17.7 Å². The first kappa shape index (κ1) is 14.3. The number of methoxy groups -OCH3 is 1. The summed E-state index contributed by atoms with van der Waals surface area (Å²) in [5.41, 5.74) is 0.773. The Kier molecular flexibility index (Phi) is 4.12. The lowest BCUT2D eigenvalue weighted by Gasteiger charge is -2.31. The van der Waals surface area contributed by atoms with E-state index < -0.39 is 0 Å². The number of nitrogens with zero attached hydrogens (tertiary/aromatic N) is 1. The fourth-order valence-corrected chi connectivity index (χ4v) is 3.66. The molecular formula is C14H17NO5S. The molecule has 2 aliphatic rings. The van der Waals surface area contributed by atoms with E-state index in [1.807, 2.05) is 0 Å². The number of thioether (sulfide) groups is 1. The van der Waals surface area contributed by atoms with Crippen LogP contribution in [0.1, 0.15) is 5.56 Å². The molecule has 3 rings (SSSR count). The minimum absolute atomic E-state index is 0.167. The van der Waals surface area contributed by atoms with Crippen molar-refractivity contribution < 1.29 is 24.1 Å². The molecular weight excluding hydrogens is 294 g/mol. The Morgan fingerprint density at radius 2 is 2.24 bits per heavy atom. The van der Waals surface area contributed by atoms with Gasteiger partial charge in [0.1, 0.15) is 11.0 Å². The molecule has 2 aliphatic heterocycles. The van der Waals surface area contributed by atoms with Crippen molar-refractivity contribution in [3.8, 4) is 17.2 Å². The predicted octanol–water partition coefficient (Wildman–Crippen LogP) is 1.21. The van der Waals surface area contributed by atoms with Crippen LogP contribution in [-0.2, 0) is 16.1 Å². The molecule has 1 atom stereocenters. The first-order valence-electron chi connectivity index (χ1n) is 6.70. The van der Waals surface area contributed by atoms with Crippen LogP contribution in [0.3, 0.4) is 0 Å². The molecule has 0 bridgehead atoms. The van der Waals surface area contributed by atoms with Crippen LogP contribution in [0.4, 0.5) is 0 Å². The number of fused-ring (bicyclic) bond motifs is 1. The molecule has 1 saturated heterocycles. The van der Waals surface area contributed by atoms with Crippen molar-refractivity contribution >= 4 is 17.7 Å². The number of rotatable bonds is 3. The summed E-state index contributed by atoms with van der Waals surface area (Å²) in [5.74, 6) is 2.08. The summed E-state index contributed by atoms with van der Waals surface area (Å²) in [5, 5.41) is 9.90. The quantitative estimate of drug-likeness (QED) is 0.842. The van der Waals surface area contributed by atoms with Crippen LogP contribution in [0.2, 0.25) is 0 Å². The number of phenols is 1. The molecule has 0 radical (unpaired) electrons. The van der Waals surface area contributed by atoms with Gasteiger partial charge in [-0.05, 0) is 6.07 Å². The van der Waals surface area contributed by atoms with Crippen LogP contribution >= 0.6 is 11.8 Å². The Hall–Kier alpha value is -1.60. The normalized spacial score (nSPS) is 21.3. The molecule has 6 nitrogen and oxygen atoms in total. The average molecular weight is 311 g/mol. The number of ether oxygens (including phenoxy) is 3. The first-order valence-corrected chi connectivity index (χ1v) is 7.75. The zero-order valence-corrected chi connectivity index (χ0v) is 12.5. The number of esters is 1. The third-order valence-corrected chi connectivity index (χ3v) is 4.74. The van der Waals surface area contributed by atoms with Gasteiger partial charge in [-0.2, -0.15) is 0 Å². The lowest BCUT2D eigenvalue weighted by Crippen LogP contribution is -2.41. The van der Waals surface area contributed by atoms with Gasteiger partial charge in [0.15, 0.2) is 11.5 Å². The van der Waals surface area contributed by atoms with Crippen LogP contribution in [0.5, 0.6) is 17.2 Å². The predicted molar refractivity (Wildman–Crippen MR) is 77.8 cm³/mol. The molecule has 0 aromatic heterocycles. The lowest BCUT2D eigenvalue weighted by atomic mass is 10.1. The zero-order valence-electron chi connectivity index (χ0n) is 11.7. The Balaban J connectivity index is 1.70. The topological polar surface area (TPSA) is 68.2 Å². The van der Waals surface area contributed by atoms with E-state index in [4.69, 9.17) is 14.2 Å². The maximum Gasteiger partial charge on any atom is 0.320 e. The highest BCUT2D eigenvalue weighted by atomic mass is 32.2. The molecule has 0 unspecified atom stereocenters. The fraction of sp³-hybridized carbons (Fsp3) is 0.500. The van der Waals surface area contributed by atoms with Crippen LogP contribution in [-0.4, -0.2) is 54.0 Å². The van der Waals surface area contributed by atoms with Gasteiger partial charge in [-0.1, -0.05) is 0 Å². The second-order valence-corrected chi connectivity index (χ2v) is 6.26. The number of hydrogen-bond donors (Lipinski definition) is 1. The summed E-state index contributed by atoms with van der Waals surface area (Å²) in [7, 11) is 1.41. The van der Waals surface area contributed by atoms with Crippen LogP contribution in [0.25, 0.3) is 0 Å². The van der Waals surface area contributed by atoms with E-state index in [0.717, 1.165) is 17.9 Å². The molecule has 1 fully saturated rings. The van der Waals surface area contributed by atoms with Crippen molar-refractivity contribution in [1.29, 1.82) is 0 Å². The summed E-state index contributed by atoms with van der Waals surface area (Å²) in [4.78, 5) is 13.8. The van der Waals surface area contributed by atoms with E-state index >= 15 is 0 Å². The molecule has 0 spiro atoms. The summed E-state index contributed by atoms with van der Waals surface area (Å²) < 4.78 is 15.4. The van der Waals surface area contributed by atoms with Gasteiger partial charge in [0.05, 0.1) is 7.11 Å². The Bertz CT molecular complexity index is 550. The smallest absolute Gasteiger partial charge is 0.320 e. The van der Waals surface area contributed by atoms with E-state index in [2.05, 4.69) is 4.90 Å². The van der Waals surface area contributed by atoms with Gasteiger partial charge in [0.25, 0.3) is 0 Å². The van der Waals surface area contributed by atoms with Crippen molar-refractivity contribution in [3.63, 3.8) is 0 Å². The van der Waals surface area contributed by atoms with Gasteiger partial charge < -0.3 is 19.3 Å². The minimum Gasteiger partial charge on any atom is -0.507 e. The fourth-order valence-electron chi connectivity index (χ4n) is 2.46. The van der Waals surface area contributed by atoms with Crippen molar-refractivity contribution in [2.45, 2.75) is 11.8 Å². The number of benzene rings is 1. The van der Waals surface area contributed by atoms with E-state index in [9.17, 15) is 9.90 Å². The molecule has 1 N–H and O–H groups in total. The number of carbonyl (C=O) groups is 1. The second-order valence-electron chi connectivity index (χ2n) is 4.95. The summed E-state index contributed by atoms with van der Waals surface area (Å²) in [6, 6.07) is 3.38. The summed E-state index contributed by atoms with van der Waals surface area (Å²) >= 11 is 1.61. The van der Waals surface area contributed by atoms with Crippen molar-refractivity contribution in [2.75, 3.05) is 32.7 Å². The SMILES string of the molecule is COC(=O)[C@H]1CN(Cc2cc3c(cc2O)OCO3)CCS1. The highest BCUT2D eigenvalue weighted by Crippen LogP contribution is 2.38. The van der Waals surface area contributed by atoms with E-state index in [0.29, 0.717) is 24.6 Å². The van der Waals surface area contributed by atoms with E-state index in [1.54, 1.807) is 23.9 Å². The van der Waals surface area contributed by atoms with Crippen molar-refractivity contribution in [2.24, 2.45) is 0 Å².